The summed E-state index contributed by atoms with van der Waals surface area (Å²) in [5.41, 5.74) is 0. The molecule has 0 rings (SSSR count). The fraction of sp³-hybridized carbons (Fsp3) is 0.894. The molecule has 424 valence electrons. The van der Waals surface area contributed by atoms with Crippen molar-refractivity contribution in [1.29, 1.82) is 0 Å². The van der Waals surface area contributed by atoms with Gasteiger partial charge in [-0.05, 0) is 51.4 Å². The number of carbonyl (C=O) groups excluding carboxylic acids is 3. The standard InChI is InChI=1S/C66H124O6/c1-4-7-10-13-16-19-21-23-25-27-29-30-31-32-33-34-35-36-38-39-41-43-45-47-50-53-56-59-65(68)71-62-63(61-70-64(67)58-55-52-49-18-15-12-9-6-3)72-66(69)60-57-54-51-48-46-44-42-40-37-28-26-24-22-20-17-14-11-8-5-2/h21,23,27,29,63H,4-20,22,24-26,28,30-62H2,1-3H3/b23-21-,29-27-. The SMILES string of the molecule is CCCCCCC/C=C\C/C=C\CCCCCCCCCCCCCCCCCC(=O)OCC(COC(=O)CCCCCCCCCC)OC(=O)CCCCCCCCCCCCCCCCCCCCC. The molecule has 0 bridgehead atoms. The van der Waals surface area contributed by atoms with Crippen LogP contribution in [0.1, 0.15) is 361 Å². The summed E-state index contributed by atoms with van der Waals surface area (Å²) in [6.07, 6.45) is 73.5. The van der Waals surface area contributed by atoms with E-state index in [4.69, 9.17) is 14.2 Å². The van der Waals surface area contributed by atoms with E-state index in [1.165, 1.54) is 257 Å². The Hall–Kier alpha value is -2.11. The van der Waals surface area contributed by atoms with Gasteiger partial charge in [-0.25, -0.2) is 0 Å². The van der Waals surface area contributed by atoms with Crippen molar-refractivity contribution in [1.82, 2.24) is 0 Å². The van der Waals surface area contributed by atoms with Gasteiger partial charge < -0.3 is 14.2 Å². The molecule has 0 heterocycles. The van der Waals surface area contributed by atoms with Gasteiger partial charge in [-0.2, -0.15) is 0 Å². The average molecular weight is 1010 g/mol. The van der Waals surface area contributed by atoms with E-state index < -0.39 is 6.10 Å². The van der Waals surface area contributed by atoms with Crippen molar-refractivity contribution in [2.24, 2.45) is 0 Å². The van der Waals surface area contributed by atoms with Crippen molar-refractivity contribution in [3.63, 3.8) is 0 Å². The zero-order valence-electron chi connectivity index (χ0n) is 48.7. The third-order valence-electron chi connectivity index (χ3n) is 14.7. The lowest BCUT2D eigenvalue weighted by Gasteiger charge is -2.18. The first kappa shape index (κ1) is 69.9. The van der Waals surface area contributed by atoms with Crippen molar-refractivity contribution >= 4 is 17.9 Å². The number of rotatable bonds is 60. The minimum absolute atomic E-state index is 0.0650. The van der Waals surface area contributed by atoms with Crippen LogP contribution in [0.25, 0.3) is 0 Å². The van der Waals surface area contributed by atoms with Crippen molar-refractivity contribution < 1.29 is 28.6 Å². The lowest BCUT2D eigenvalue weighted by Crippen LogP contribution is -2.30. The lowest BCUT2D eigenvalue weighted by molar-refractivity contribution is -0.167. The molecule has 0 aliphatic heterocycles. The third-order valence-corrected chi connectivity index (χ3v) is 14.7. The van der Waals surface area contributed by atoms with E-state index in [-0.39, 0.29) is 31.1 Å². The van der Waals surface area contributed by atoms with Crippen LogP contribution in [0.4, 0.5) is 0 Å². The highest BCUT2D eigenvalue weighted by Crippen LogP contribution is 2.18. The van der Waals surface area contributed by atoms with Crippen molar-refractivity contribution in [3.05, 3.63) is 24.3 Å². The molecule has 0 saturated carbocycles. The van der Waals surface area contributed by atoms with Gasteiger partial charge in [-0.1, -0.05) is 315 Å². The molecule has 0 aliphatic carbocycles. The number of ether oxygens (including phenoxy) is 3. The van der Waals surface area contributed by atoms with Gasteiger partial charge in [0.2, 0.25) is 0 Å². The molecule has 0 spiro atoms. The van der Waals surface area contributed by atoms with Crippen LogP contribution in [0.5, 0.6) is 0 Å². The molecule has 72 heavy (non-hydrogen) atoms. The highest BCUT2D eigenvalue weighted by Gasteiger charge is 2.19. The third kappa shape index (κ3) is 58.8. The number of unbranched alkanes of at least 4 members (excludes halogenated alkanes) is 45. The van der Waals surface area contributed by atoms with Crippen LogP contribution in [0.3, 0.4) is 0 Å². The van der Waals surface area contributed by atoms with Crippen LogP contribution in [0.2, 0.25) is 0 Å². The number of hydrogen-bond acceptors (Lipinski definition) is 6. The lowest BCUT2D eigenvalue weighted by atomic mass is 10.0. The zero-order chi connectivity index (χ0) is 52.2. The van der Waals surface area contributed by atoms with E-state index in [0.717, 1.165) is 64.2 Å². The molecular weight excluding hydrogens is 889 g/mol. The fourth-order valence-electron chi connectivity index (χ4n) is 9.83. The Morgan fingerprint density at radius 1 is 0.278 bits per heavy atom. The van der Waals surface area contributed by atoms with E-state index in [9.17, 15) is 14.4 Å². The minimum Gasteiger partial charge on any atom is -0.462 e. The second-order valence-electron chi connectivity index (χ2n) is 22.0. The number of esters is 3. The molecular formula is C66H124O6. The van der Waals surface area contributed by atoms with Gasteiger partial charge in [-0.15, -0.1) is 0 Å². The minimum atomic E-state index is -0.765. The van der Waals surface area contributed by atoms with Crippen molar-refractivity contribution in [3.8, 4) is 0 Å². The summed E-state index contributed by atoms with van der Waals surface area (Å²) in [4.78, 5) is 38.1. The number of allylic oxidation sites excluding steroid dienone is 4. The summed E-state index contributed by atoms with van der Waals surface area (Å²) in [6.45, 7) is 6.67. The van der Waals surface area contributed by atoms with E-state index >= 15 is 0 Å². The first-order valence-electron chi connectivity index (χ1n) is 32.3. The van der Waals surface area contributed by atoms with Crippen molar-refractivity contribution in [2.45, 2.75) is 367 Å². The van der Waals surface area contributed by atoms with Gasteiger partial charge in [-0.3, -0.25) is 14.4 Å². The van der Waals surface area contributed by atoms with E-state index in [1.54, 1.807) is 0 Å². The summed E-state index contributed by atoms with van der Waals surface area (Å²) in [5, 5.41) is 0. The molecule has 1 unspecified atom stereocenters. The topological polar surface area (TPSA) is 78.9 Å². The van der Waals surface area contributed by atoms with Gasteiger partial charge in [0, 0.05) is 19.3 Å². The molecule has 0 aromatic rings. The van der Waals surface area contributed by atoms with E-state index in [0.29, 0.717) is 19.3 Å². The smallest absolute Gasteiger partial charge is 0.306 e. The second kappa shape index (κ2) is 61.4. The molecule has 0 aromatic carbocycles. The van der Waals surface area contributed by atoms with Gasteiger partial charge in [0.25, 0.3) is 0 Å². The van der Waals surface area contributed by atoms with Gasteiger partial charge in [0.05, 0.1) is 0 Å². The maximum absolute atomic E-state index is 12.9. The largest absolute Gasteiger partial charge is 0.462 e. The summed E-state index contributed by atoms with van der Waals surface area (Å²) in [5.74, 6) is -0.843. The van der Waals surface area contributed by atoms with Crippen molar-refractivity contribution in [2.75, 3.05) is 13.2 Å². The Morgan fingerprint density at radius 3 is 0.764 bits per heavy atom. The van der Waals surface area contributed by atoms with Crippen LogP contribution < -0.4 is 0 Å². The molecule has 0 fully saturated rings. The van der Waals surface area contributed by atoms with Crippen LogP contribution in [-0.4, -0.2) is 37.2 Å². The van der Waals surface area contributed by atoms with Crippen LogP contribution in [-0.2, 0) is 28.6 Å². The van der Waals surface area contributed by atoms with E-state index in [2.05, 4.69) is 45.1 Å². The summed E-state index contributed by atoms with van der Waals surface area (Å²) in [7, 11) is 0. The maximum atomic E-state index is 12.9. The first-order valence-corrected chi connectivity index (χ1v) is 32.3. The number of hydrogen-bond donors (Lipinski definition) is 0. The zero-order valence-corrected chi connectivity index (χ0v) is 48.7. The average Bonchev–Trinajstić information content (AvgIpc) is 3.38. The fourth-order valence-corrected chi connectivity index (χ4v) is 9.83. The monoisotopic (exact) mass is 1010 g/mol. The highest BCUT2D eigenvalue weighted by atomic mass is 16.6. The van der Waals surface area contributed by atoms with Gasteiger partial charge >= 0.3 is 17.9 Å². The number of carbonyl (C=O) groups is 3. The first-order chi connectivity index (χ1) is 35.5. The molecule has 0 radical (unpaired) electrons. The normalized spacial score (nSPS) is 12.1. The summed E-state index contributed by atoms with van der Waals surface area (Å²) < 4.78 is 16.9. The van der Waals surface area contributed by atoms with Gasteiger partial charge in [0.15, 0.2) is 6.10 Å². The van der Waals surface area contributed by atoms with E-state index in [1.807, 2.05) is 0 Å². The molecule has 0 N–H and O–H groups in total. The van der Waals surface area contributed by atoms with Gasteiger partial charge in [0.1, 0.15) is 13.2 Å². The molecule has 0 aliphatic rings. The second-order valence-corrected chi connectivity index (χ2v) is 22.0. The Balaban J connectivity index is 4.09. The Bertz CT molecular complexity index is 1160. The predicted octanol–water partition coefficient (Wildman–Crippen LogP) is 21.8. The summed E-state index contributed by atoms with van der Waals surface area (Å²) >= 11 is 0. The highest BCUT2D eigenvalue weighted by molar-refractivity contribution is 5.71. The Morgan fingerprint density at radius 2 is 0.500 bits per heavy atom. The summed E-state index contributed by atoms with van der Waals surface area (Å²) in [6, 6.07) is 0. The van der Waals surface area contributed by atoms with Crippen LogP contribution in [0.15, 0.2) is 24.3 Å². The molecule has 0 aromatic heterocycles. The predicted molar refractivity (Wildman–Crippen MR) is 312 cm³/mol. The molecule has 0 saturated heterocycles. The van der Waals surface area contributed by atoms with Crippen LogP contribution >= 0.6 is 0 Å². The molecule has 1 atom stereocenters. The molecule has 6 nitrogen and oxygen atoms in total. The molecule has 6 heteroatoms. The Labute approximate surface area is 449 Å². The molecule has 0 amide bonds. The Kier molecular flexibility index (Phi) is 59.6. The van der Waals surface area contributed by atoms with Crippen LogP contribution in [0, 0.1) is 0 Å². The maximum Gasteiger partial charge on any atom is 0.306 e. The quantitative estimate of drug-likeness (QED) is 0.0261.